The summed E-state index contributed by atoms with van der Waals surface area (Å²) in [6.45, 7) is 4.99. The van der Waals surface area contributed by atoms with Crippen LogP contribution in [0, 0.1) is 5.92 Å². The zero-order chi connectivity index (χ0) is 17.6. The summed E-state index contributed by atoms with van der Waals surface area (Å²) < 4.78 is 5.85. The summed E-state index contributed by atoms with van der Waals surface area (Å²) >= 11 is 0. The predicted molar refractivity (Wildman–Crippen MR) is 95.4 cm³/mol. The second-order valence-corrected chi connectivity index (χ2v) is 7.04. The van der Waals surface area contributed by atoms with Crippen LogP contribution in [0.15, 0.2) is 24.3 Å². The SMILES string of the molecule is CC(=O)NCC1CCCN(CC(=O)NCC2Cc3ccccc3O2)C1. The maximum atomic E-state index is 12.2. The summed E-state index contributed by atoms with van der Waals surface area (Å²) in [5.74, 6) is 1.41. The van der Waals surface area contributed by atoms with E-state index in [-0.39, 0.29) is 17.9 Å². The first kappa shape index (κ1) is 17.7. The molecular formula is C19H27N3O3. The van der Waals surface area contributed by atoms with E-state index in [1.54, 1.807) is 0 Å². The highest BCUT2D eigenvalue weighted by molar-refractivity contribution is 5.78. The van der Waals surface area contributed by atoms with E-state index in [4.69, 9.17) is 4.74 Å². The van der Waals surface area contributed by atoms with Crippen LogP contribution < -0.4 is 15.4 Å². The molecule has 1 saturated heterocycles. The minimum Gasteiger partial charge on any atom is -0.488 e. The van der Waals surface area contributed by atoms with Crippen LogP contribution in [0.1, 0.15) is 25.3 Å². The normalized spacial score (nSPS) is 22.8. The monoisotopic (exact) mass is 345 g/mol. The quantitative estimate of drug-likeness (QED) is 0.805. The number of hydrogen-bond acceptors (Lipinski definition) is 4. The van der Waals surface area contributed by atoms with Crippen molar-refractivity contribution in [3.63, 3.8) is 0 Å². The molecule has 1 fully saturated rings. The van der Waals surface area contributed by atoms with Crippen LogP contribution >= 0.6 is 0 Å². The van der Waals surface area contributed by atoms with Gasteiger partial charge in [-0.2, -0.15) is 0 Å². The highest BCUT2D eigenvalue weighted by Crippen LogP contribution is 2.27. The second-order valence-electron chi connectivity index (χ2n) is 7.04. The molecule has 2 unspecified atom stereocenters. The standard InChI is InChI=1S/C19H27N3O3/c1-14(23)20-10-15-5-4-8-22(12-15)13-19(24)21-11-17-9-16-6-2-3-7-18(16)25-17/h2-3,6-7,15,17H,4-5,8-13H2,1H3,(H,20,23)(H,21,24). The summed E-state index contributed by atoms with van der Waals surface area (Å²) in [7, 11) is 0. The number of rotatable bonds is 6. The van der Waals surface area contributed by atoms with Crippen LogP contribution in [0.4, 0.5) is 0 Å². The molecule has 2 aliphatic heterocycles. The molecule has 2 N–H and O–H groups in total. The molecule has 6 nitrogen and oxygen atoms in total. The van der Waals surface area contributed by atoms with Crippen LogP contribution in [0.2, 0.25) is 0 Å². The van der Waals surface area contributed by atoms with Crippen molar-refractivity contribution in [2.45, 2.75) is 32.3 Å². The summed E-state index contributed by atoms with van der Waals surface area (Å²) in [5.41, 5.74) is 1.21. The van der Waals surface area contributed by atoms with E-state index in [1.165, 1.54) is 12.5 Å². The molecule has 0 aliphatic carbocycles. The predicted octanol–water partition coefficient (Wildman–Crippen LogP) is 0.954. The molecule has 0 aromatic heterocycles. The topological polar surface area (TPSA) is 70.7 Å². The number of para-hydroxylation sites is 1. The lowest BCUT2D eigenvalue weighted by molar-refractivity contribution is -0.123. The van der Waals surface area contributed by atoms with E-state index >= 15 is 0 Å². The van der Waals surface area contributed by atoms with Crippen molar-refractivity contribution in [1.82, 2.24) is 15.5 Å². The molecule has 2 heterocycles. The number of nitrogens with zero attached hydrogens (tertiary/aromatic N) is 1. The zero-order valence-corrected chi connectivity index (χ0v) is 14.8. The molecule has 6 heteroatoms. The molecular weight excluding hydrogens is 318 g/mol. The third kappa shape index (κ3) is 5.19. The Morgan fingerprint density at radius 3 is 2.88 bits per heavy atom. The third-order valence-electron chi connectivity index (χ3n) is 4.85. The Morgan fingerprint density at radius 1 is 1.24 bits per heavy atom. The van der Waals surface area contributed by atoms with Crippen molar-refractivity contribution in [3.05, 3.63) is 29.8 Å². The van der Waals surface area contributed by atoms with Crippen LogP contribution in [-0.2, 0) is 16.0 Å². The lowest BCUT2D eigenvalue weighted by Crippen LogP contribution is -2.46. The number of likely N-dealkylation sites (tertiary alicyclic amines) is 1. The fourth-order valence-corrected chi connectivity index (χ4v) is 3.60. The van der Waals surface area contributed by atoms with Crippen LogP contribution in [0.25, 0.3) is 0 Å². The number of carbonyl (C=O) groups excluding carboxylic acids is 2. The Morgan fingerprint density at radius 2 is 2.08 bits per heavy atom. The fraction of sp³-hybridized carbons (Fsp3) is 0.579. The number of amides is 2. The van der Waals surface area contributed by atoms with Crippen molar-refractivity contribution in [1.29, 1.82) is 0 Å². The minimum absolute atomic E-state index is 0.00688. The van der Waals surface area contributed by atoms with Gasteiger partial charge in [-0.1, -0.05) is 18.2 Å². The van der Waals surface area contributed by atoms with Crippen LogP contribution in [-0.4, -0.2) is 55.5 Å². The Kier molecular flexibility index (Phi) is 5.91. The summed E-state index contributed by atoms with van der Waals surface area (Å²) in [6.07, 6.45) is 3.04. The first-order valence-electron chi connectivity index (χ1n) is 9.08. The number of piperidine rings is 1. The molecule has 136 valence electrons. The average molecular weight is 345 g/mol. The van der Waals surface area contributed by atoms with Gasteiger partial charge in [-0.05, 0) is 36.9 Å². The van der Waals surface area contributed by atoms with E-state index in [0.29, 0.717) is 25.6 Å². The van der Waals surface area contributed by atoms with Crippen LogP contribution in [0.3, 0.4) is 0 Å². The number of nitrogens with one attached hydrogen (secondary N) is 2. The highest BCUT2D eigenvalue weighted by Gasteiger charge is 2.24. The van der Waals surface area contributed by atoms with Gasteiger partial charge < -0.3 is 15.4 Å². The van der Waals surface area contributed by atoms with Gasteiger partial charge >= 0.3 is 0 Å². The lowest BCUT2D eigenvalue weighted by Gasteiger charge is -2.32. The van der Waals surface area contributed by atoms with Gasteiger partial charge in [0.1, 0.15) is 11.9 Å². The van der Waals surface area contributed by atoms with Gasteiger partial charge in [0.05, 0.1) is 13.1 Å². The summed E-state index contributed by atoms with van der Waals surface area (Å²) in [4.78, 5) is 25.4. The molecule has 0 saturated carbocycles. The average Bonchev–Trinajstić information content (AvgIpc) is 3.01. The Labute approximate surface area is 148 Å². The maximum Gasteiger partial charge on any atom is 0.234 e. The molecule has 2 aliphatic rings. The number of hydrogen-bond donors (Lipinski definition) is 2. The Balaban J connectivity index is 1.37. The van der Waals surface area contributed by atoms with Crippen molar-refractivity contribution in [3.8, 4) is 5.75 Å². The lowest BCUT2D eigenvalue weighted by atomic mass is 9.98. The van der Waals surface area contributed by atoms with E-state index < -0.39 is 0 Å². The van der Waals surface area contributed by atoms with Crippen molar-refractivity contribution < 1.29 is 14.3 Å². The molecule has 0 radical (unpaired) electrons. The molecule has 0 bridgehead atoms. The number of benzene rings is 1. The first-order chi connectivity index (χ1) is 12.1. The smallest absolute Gasteiger partial charge is 0.234 e. The van der Waals surface area contributed by atoms with Gasteiger partial charge in [-0.25, -0.2) is 0 Å². The summed E-state index contributed by atoms with van der Waals surface area (Å²) in [6, 6.07) is 8.02. The van der Waals surface area contributed by atoms with Gasteiger partial charge in [0.25, 0.3) is 0 Å². The molecule has 2 atom stereocenters. The molecule has 0 spiro atoms. The molecule has 1 aromatic rings. The first-order valence-corrected chi connectivity index (χ1v) is 9.08. The van der Waals surface area contributed by atoms with E-state index in [9.17, 15) is 9.59 Å². The van der Waals surface area contributed by atoms with Gasteiger partial charge in [-0.15, -0.1) is 0 Å². The zero-order valence-electron chi connectivity index (χ0n) is 14.8. The summed E-state index contributed by atoms with van der Waals surface area (Å²) in [5, 5.41) is 5.87. The highest BCUT2D eigenvalue weighted by atomic mass is 16.5. The molecule has 1 aromatic carbocycles. The van der Waals surface area contributed by atoms with E-state index in [0.717, 1.165) is 38.1 Å². The fourth-order valence-electron chi connectivity index (χ4n) is 3.60. The third-order valence-corrected chi connectivity index (χ3v) is 4.85. The molecule has 3 rings (SSSR count). The maximum absolute atomic E-state index is 12.2. The van der Waals surface area contributed by atoms with Gasteiger partial charge in [0.15, 0.2) is 0 Å². The Hall–Kier alpha value is -2.08. The van der Waals surface area contributed by atoms with Gasteiger partial charge in [0, 0.05) is 26.4 Å². The Bertz CT molecular complexity index is 595. The van der Waals surface area contributed by atoms with E-state index in [1.807, 2.05) is 18.2 Å². The van der Waals surface area contributed by atoms with Crippen molar-refractivity contribution in [2.24, 2.45) is 5.92 Å². The molecule has 25 heavy (non-hydrogen) atoms. The molecule has 2 amide bonds. The number of fused-ring (bicyclic) bond motifs is 1. The number of carbonyl (C=O) groups is 2. The second kappa shape index (κ2) is 8.34. The van der Waals surface area contributed by atoms with Crippen LogP contribution in [0.5, 0.6) is 5.75 Å². The van der Waals surface area contributed by atoms with Gasteiger partial charge in [-0.3, -0.25) is 14.5 Å². The van der Waals surface area contributed by atoms with Crippen molar-refractivity contribution in [2.75, 3.05) is 32.7 Å². The van der Waals surface area contributed by atoms with Crippen molar-refractivity contribution >= 4 is 11.8 Å². The number of ether oxygens (including phenoxy) is 1. The van der Waals surface area contributed by atoms with Gasteiger partial charge in [0.2, 0.25) is 11.8 Å². The van der Waals surface area contributed by atoms with E-state index in [2.05, 4.69) is 21.6 Å². The largest absolute Gasteiger partial charge is 0.488 e. The minimum atomic E-state index is 0.00688.